The van der Waals surface area contributed by atoms with Gasteiger partial charge in [-0.15, -0.1) is 0 Å². The molecular formula is C20H28N2O3. The lowest BCUT2D eigenvalue weighted by Gasteiger charge is -2.35. The van der Waals surface area contributed by atoms with Crippen LogP contribution in [0.4, 0.5) is 0 Å². The number of amides is 1. The van der Waals surface area contributed by atoms with Gasteiger partial charge >= 0.3 is 0 Å². The third-order valence-electron chi connectivity index (χ3n) is 5.80. The molecule has 4 rings (SSSR count). The molecule has 0 spiro atoms. The second-order valence-corrected chi connectivity index (χ2v) is 7.27. The smallest absolute Gasteiger partial charge is 0.222 e. The number of fused-ring (bicyclic) bond motifs is 1. The normalized spacial score (nSPS) is 26.2. The number of carbonyl (C=O) groups excluding carboxylic acids is 1. The molecule has 3 heterocycles. The molecule has 0 saturated carbocycles. The van der Waals surface area contributed by atoms with Crippen molar-refractivity contribution < 1.29 is 14.3 Å². The van der Waals surface area contributed by atoms with Crippen LogP contribution in [0.5, 0.6) is 11.5 Å². The number of hydrogen-bond donors (Lipinski definition) is 0. The van der Waals surface area contributed by atoms with Gasteiger partial charge in [0.05, 0.1) is 0 Å². The van der Waals surface area contributed by atoms with Gasteiger partial charge in [0.1, 0.15) is 13.2 Å². The summed E-state index contributed by atoms with van der Waals surface area (Å²) in [7, 11) is 0. The van der Waals surface area contributed by atoms with E-state index >= 15 is 0 Å². The van der Waals surface area contributed by atoms with Gasteiger partial charge in [0, 0.05) is 37.2 Å². The largest absolute Gasteiger partial charge is 0.486 e. The van der Waals surface area contributed by atoms with Gasteiger partial charge in [-0.05, 0) is 38.3 Å². The lowest BCUT2D eigenvalue weighted by atomic mass is 10.0. The maximum absolute atomic E-state index is 12.3. The molecule has 0 N–H and O–H groups in total. The van der Waals surface area contributed by atoms with Gasteiger partial charge in [-0.1, -0.05) is 19.1 Å². The van der Waals surface area contributed by atoms with E-state index in [1.54, 1.807) is 0 Å². The lowest BCUT2D eigenvalue weighted by Crippen LogP contribution is -2.47. The summed E-state index contributed by atoms with van der Waals surface area (Å²) in [4.78, 5) is 17.0. The summed E-state index contributed by atoms with van der Waals surface area (Å²) in [6.07, 6.45) is 5.28. The molecule has 0 aliphatic carbocycles. The fraction of sp³-hybridized carbons (Fsp3) is 0.650. The molecule has 3 aliphatic heterocycles. The van der Waals surface area contributed by atoms with Crippen molar-refractivity contribution in [3.05, 3.63) is 23.8 Å². The third kappa shape index (κ3) is 3.22. The van der Waals surface area contributed by atoms with Gasteiger partial charge in [0.15, 0.2) is 11.5 Å². The quantitative estimate of drug-likeness (QED) is 0.842. The molecule has 0 radical (unpaired) electrons. The van der Waals surface area contributed by atoms with Crippen molar-refractivity contribution in [1.82, 2.24) is 9.80 Å². The number of benzene rings is 1. The average molecular weight is 344 g/mol. The van der Waals surface area contributed by atoms with Gasteiger partial charge < -0.3 is 14.4 Å². The van der Waals surface area contributed by atoms with Crippen molar-refractivity contribution in [3.63, 3.8) is 0 Å². The maximum Gasteiger partial charge on any atom is 0.222 e. The predicted molar refractivity (Wildman–Crippen MR) is 95.9 cm³/mol. The zero-order chi connectivity index (χ0) is 17.2. The van der Waals surface area contributed by atoms with E-state index in [0.717, 1.165) is 44.0 Å². The van der Waals surface area contributed by atoms with Crippen molar-refractivity contribution in [2.75, 3.05) is 26.3 Å². The number of rotatable bonds is 4. The van der Waals surface area contributed by atoms with Crippen LogP contribution in [-0.4, -0.2) is 54.1 Å². The Morgan fingerprint density at radius 1 is 1.12 bits per heavy atom. The van der Waals surface area contributed by atoms with Crippen molar-refractivity contribution in [2.45, 2.75) is 57.7 Å². The molecule has 0 bridgehead atoms. The molecule has 136 valence electrons. The van der Waals surface area contributed by atoms with Crippen molar-refractivity contribution in [1.29, 1.82) is 0 Å². The summed E-state index contributed by atoms with van der Waals surface area (Å²) in [6.45, 7) is 6.12. The van der Waals surface area contributed by atoms with E-state index < -0.39 is 0 Å². The summed E-state index contributed by atoms with van der Waals surface area (Å²) in [5.41, 5.74) is 1.20. The molecular weight excluding hydrogens is 316 g/mol. The highest BCUT2D eigenvalue weighted by molar-refractivity contribution is 5.76. The molecule has 5 nitrogen and oxygen atoms in total. The molecule has 5 heteroatoms. The van der Waals surface area contributed by atoms with Gasteiger partial charge in [-0.25, -0.2) is 0 Å². The minimum atomic E-state index is 0.308. The molecule has 25 heavy (non-hydrogen) atoms. The molecule has 2 saturated heterocycles. The minimum absolute atomic E-state index is 0.308. The zero-order valence-electron chi connectivity index (χ0n) is 15.1. The molecule has 0 unspecified atom stereocenters. The van der Waals surface area contributed by atoms with Crippen LogP contribution < -0.4 is 9.47 Å². The first kappa shape index (κ1) is 16.7. The Balaban J connectivity index is 1.52. The van der Waals surface area contributed by atoms with Crippen LogP contribution in [0.2, 0.25) is 0 Å². The fourth-order valence-electron chi connectivity index (χ4n) is 4.67. The van der Waals surface area contributed by atoms with E-state index in [1.165, 1.54) is 18.4 Å². The lowest BCUT2D eigenvalue weighted by molar-refractivity contribution is -0.132. The monoisotopic (exact) mass is 344 g/mol. The molecule has 1 aromatic carbocycles. The number of nitrogens with zero attached hydrogens (tertiary/aromatic N) is 2. The molecule has 1 amide bonds. The van der Waals surface area contributed by atoms with Crippen molar-refractivity contribution in [3.8, 4) is 11.5 Å². The maximum atomic E-state index is 12.3. The number of ether oxygens (including phenoxy) is 2. The summed E-state index contributed by atoms with van der Waals surface area (Å²) in [5, 5.41) is 0. The van der Waals surface area contributed by atoms with E-state index in [0.29, 0.717) is 37.6 Å². The highest BCUT2D eigenvalue weighted by Gasteiger charge is 2.39. The van der Waals surface area contributed by atoms with Gasteiger partial charge in [0.2, 0.25) is 5.91 Å². The van der Waals surface area contributed by atoms with Crippen molar-refractivity contribution in [2.24, 2.45) is 0 Å². The van der Waals surface area contributed by atoms with Crippen LogP contribution in [0, 0.1) is 0 Å². The predicted octanol–water partition coefficient (Wildman–Crippen LogP) is 2.82. The third-order valence-corrected chi connectivity index (χ3v) is 5.80. The van der Waals surface area contributed by atoms with Gasteiger partial charge in [-0.3, -0.25) is 9.69 Å². The van der Waals surface area contributed by atoms with E-state index in [9.17, 15) is 4.79 Å². The van der Waals surface area contributed by atoms with Crippen molar-refractivity contribution >= 4 is 5.91 Å². The minimum Gasteiger partial charge on any atom is -0.486 e. The Kier molecular flexibility index (Phi) is 4.84. The Hall–Kier alpha value is -1.75. The first-order chi connectivity index (χ1) is 12.3. The topological polar surface area (TPSA) is 42.0 Å². The van der Waals surface area contributed by atoms with E-state index in [4.69, 9.17) is 9.47 Å². The molecule has 0 aromatic heterocycles. The Bertz CT molecular complexity index is 633. The van der Waals surface area contributed by atoms with Crippen LogP contribution in [0.25, 0.3) is 0 Å². The summed E-state index contributed by atoms with van der Waals surface area (Å²) < 4.78 is 11.6. The number of carbonyl (C=O) groups is 1. The van der Waals surface area contributed by atoms with Crippen LogP contribution in [-0.2, 0) is 11.3 Å². The van der Waals surface area contributed by atoms with E-state index in [-0.39, 0.29) is 0 Å². The Morgan fingerprint density at radius 2 is 1.92 bits per heavy atom. The molecule has 2 fully saturated rings. The van der Waals surface area contributed by atoms with Crippen LogP contribution >= 0.6 is 0 Å². The van der Waals surface area contributed by atoms with E-state index in [2.05, 4.69) is 21.9 Å². The number of para-hydroxylation sites is 1. The summed E-state index contributed by atoms with van der Waals surface area (Å²) in [6, 6.07) is 7.03. The van der Waals surface area contributed by atoms with Crippen LogP contribution in [0.1, 0.15) is 44.6 Å². The SMILES string of the molecule is CCC(=O)N1CCC[C@@H]1[C@H]1CCCN1Cc1cccc2c1OCCO2. The fourth-order valence-corrected chi connectivity index (χ4v) is 4.67. The second kappa shape index (κ2) is 7.24. The molecule has 3 aliphatic rings. The summed E-state index contributed by atoms with van der Waals surface area (Å²) >= 11 is 0. The Morgan fingerprint density at radius 3 is 2.80 bits per heavy atom. The number of likely N-dealkylation sites (tertiary alicyclic amines) is 2. The number of hydrogen-bond acceptors (Lipinski definition) is 4. The van der Waals surface area contributed by atoms with Gasteiger partial charge in [0.25, 0.3) is 0 Å². The molecule has 1 aromatic rings. The molecule has 2 atom stereocenters. The van der Waals surface area contributed by atoms with Gasteiger partial charge in [-0.2, -0.15) is 0 Å². The highest BCUT2D eigenvalue weighted by Crippen LogP contribution is 2.37. The Labute approximate surface area is 149 Å². The second-order valence-electron chi connectivity index (χ2n) is 7.27. The van der Waals surface area contributed by atoms with Crippen LogP contribution in [0.15, 0.2) is 18.2 Å². The summed E-state index contributed by atoms with van der Waals surface area (Å²) in [5.74, 6) is 2.08. The zero-order valence-corrected chi connectivity index (χ0v) is 15.1. The first-order valence-electron chi connectivity index (χ1n) is 9.69. The van der Waals surface area contributed by atoms with E-state index in [1.807, 2.05) is 13.0 Å². The van der Waals surface area contributed by atoms with Crippen LogP contribution in [0.3, 0.4) is 0 Å². The average Bonchev–Trinajstić information content (AvgIpc) is 3.30. The standard InChI is InChI=1S/C20H28N2O3/c1-2-19(23)22-11-5-8-17(22)16-7-4-10-21(16)14-15-6-3-9-18-20(15)25-13-12-24-18/h3,6,9,16-17H,2,4-5,7-8,10-14H2,1H3/t16-,17-/m1/s1. The first-order valence-corrected chi connectivity index (χ1v) is 9.69. The highest BCUT2D eigenvalue weighted by atomic mass is 16.6.